The van der Waals surface area contributed by atoms with Crippen LogP contribution in [0.15, 0.2) is 12.7 Å². The highest BCUT2D eigenvalue weighted by Gasteiger charge is 2.45. The van der Waals surface area contributed by atoms with Crippen molar-refractivity contribution in [2.24, 2.45) is 64.9 Å². The summed E-state index contributed by atoms with van der Waals surface area (Å²) in [5, 5.41) is 0. The highest BCUT2D eigenvalue weighted by atomic mass is 14.5. The Morgan fingerprint density at radius 2 is 1.73 bits per heavy atom. The molecular formula is C25H47N. The van der Waals surface area contributed by atoms with Crippen molar-refractivity contribution in [1.82, 2.24) is 0 Å². The van der Waals surface area contributed by atoms with E-state index in [1.807, 2.05) is 0 Å². The SMILES string of the molecule is C=CC(C(C)C)C(C)CC1CCC(C)C2C(C)C(C)CC(CCN)CC12. The predicted molar refractivity (Wildman–Crippen MR) is 116 cm³/mol. The third-order valence-corrected chi connectivity index (χ3v) is 8.51. The summed E-state index contributed by atoms with van der Waals surface area (Å²) in [4.78, 5) is 0. The molecule has 0 amide bonds. The van der Waals surface area contributed by atoms with Crippen LogP contribution in [0.2, 0.25) is 0 Å². The van der Waals surface area contributed by atoms with Gasteiger partial charge in [-0.3, -0.25) is 0 Å². The Kier molecular flexibility index (Phi) is 8.26. The smallest absolute Gasteiger partial charge is 0.00746 e. The Balaban J connectivity index is 2.20. The van der Waals surface area contributed by atoms with Gasteiger partial charge in [-0.25, -0.2) is 0 Å². The second-order valence-electron chi connectivity index (χ2n) is 10.6. The molecular weight excluding hydrogens is 314 g/mol. The third-order valence-electron chi connectivity index (χ3n) is 8.51. The van der Waals surface area contributed by atoms with Crippen molar-refractivity contribution in [2.75, 3.05) is 6.54 Å². The Hall–Kier alpha value is -0.300. The molecule has 2 fully saturated rings. The summed E-state index contributed by atoms with van der Waals surface area (Å²) in [6.45, 7) is 19.9. The molecule has 0 saturated heterocycles. The minimum absolute atomic E-state index is 0.662. The maximum Gasteiger partial charge on any atom is -0.00746 e. The summed E-state index contributed by atoms with van der Waals surface area (Å²) >= 11 is 0. The molecule has 0 spiro atoms. The Morgan fingerprint density at radius 3 is 2.31 bits per heavy atom. The van der Waals surface area contributed by atoms with Crippen molar-refractivity contribution in [2.45, 2.75) is 80.1 Å². The van der Waals surface area contributed by atoms with Gasteiger partial charge in [0.15, 0.2) is 0 Å². The molecule has 0 heterocycles. The minimum atomic E-state index is 0.662. The second-order valence-corrected chi connectivity index (χ2v) is 10.6. The Morgan fingerprint density at radius 1 is 1.04 bits per heavy atom. The molecule has 1 nitrogen and oxygen atoms in total. The first-order valence-corrected chi connectivity index (χ1v) is 11.6. The Bertz CT molecular complexity index is 428. The first-order valence-electron chi connectivity index (χ1n) is 11.6. The van der Waals surface area contributed by atoms with Crippen molar-refractivity contribution in [3.8, 4) is 0 Å². The van der Waals surface area contributed by atoms with Crippen LogP contribution in [0.1, 0.15) is 80.1 Å². The number of nitrogens with two attached hydrogens (primary N) is 1. The summed E-state index contributed by atoms with van der Waals surface area (Å²) in [5.74, 6) is 8.39. The molecule has 2 rings (SSSR count). The van der Waals surface area contributed by atoms with Gasteiger partial charge in [0.1, 0.15) is 0 Å². The van der Waals surface area contributed by atoms with Crippen LogP contribution in [0.5, 0.6) is 0 Å². The van der Waals surface area contributed by atoms with Crippen molar-refractivity contribution in [1.29, 1.82) is 0 Å². The van der Waals surface area contributed by atoms with Gasteiger partial charge in [-0.2, -0.15) is 0 Å². The van der Waals surface area contributed by atoms with Crippen LogP contribution in [0.3, 0.4) is 0 Å². The fourth-order valence-electron chi connectivity index (χ4n) is 7.04. The molecule has 0 aromatic heterocycles. The number of hydrogen-bond acceptors (Lipinski definition) is 1. The van der Waals surface area contributed by atoms with E-state index in [0.29, 0.717) is 11.8 Å². The molecule has 0 radical (unpaired) electrons. The summed E-state index contributed by atoms with van der Waals surface area (Å²) in [6, 6.07) is 0. The first kappa shape index (κ1) is 22.0. The fraction of sp³-hybridized carbons (Fsp3) is 0.920. The van der Waals surface area contributed by atoms with Crippen molar-refractivity contribution in [3.05, 3.63) is 12.7 Å². The van der Waals surface area contributed by atoms with Crippen LogP contribution in [0.25, 0.3) is 0 Å². The highest BCUT2D eigenvalue weighted by molar-refractivity contribution is 4.95. The zero-order valence-corrected chi connectivity index (χ0v) is 18.6. The molecule has 9 atom stereocenters. The summed E-state index contributed by atoms with van der Waals surface area (Å²) in [6.07, 6.45) is 10.6. The molecule has 9 unspecified atom stereocenters. The maximum atomic E-state index is 5.98. The molecule has 1 heteroatoms. The van der Waals surface area contributed by atoms with Gasteiger partial charge in [-0.1, -0.05) is 54.0 Å². The van der Waals surface area contributed by atoms with Gasteiger partial charge >= 0.3 is 0 Å². The number of rotatable bonds is 7. The van der Waals surface area contributed by atoms with E-state index in [1.165, 1.54) is 38.5 Å². The van der Waals surface area contributed by atoms with Gasteiger partial charge in [0.05, 0.1) is 0 Å². The van der Waals surface area contributed by atoms with Crippen molar-refractivity contribution < 1.29 is 0 Å². The van der Waals surface area contributed by atoms with Crippen LogP contribution in [-0.2, 0) is 0 Å². The normalized spacial score (nSPS) is 40.5. The molecule has 0 aromatic rings. The molecule has 0 aromatic carbocycles. The maximum absolute atomic E-state index is 5.98. The van der Waals surface area contributed by atoms with E-state index in [2.05, 4.69) is 54.2 Å². The molecule has 0 bridgehead atoms. The van der Waals surface area contributed by atoms with Crippen LogP contribution >= 0.6 is 0 Å². The largest absolute Gasteiger partial charge is 0.330 e. The summed E-state index contributed by atoms with van der Waals surface area (Å²) < 4.78 is 0. The average Bonchev–Trinajstić information content (AvgIpc) is 2.69. The predicted octanol–water partition coefficient (Wildman–Crippen LogP) is 6.78. The molecule has 2 saturated carbocycles. The number of allylic oxidation sites excluding steroid dienone is 1. The van der Waals surface area contributed by atoms with E-state index >= 15 is 0 Å². The molecule has 26 heavy (non-hydrogen) atoms. The lowest BCUT2D eigenvalue weighted by Crippen LogP contribution is -2.39. The summed E-state index contributed by atoms with van der Waals surface area (Å²) in [5.41, 5.74) is 5.98. The van der Waals surface area contributed by atoms with Crippen LogP contribution in [-0.4, -0.2) is 6.54 Å². The molecule has 2 aliphatic rings. The van der Waals surface area contributed by atoms with Crippen molar-refractivity contribution >= 4 is 0 Å². The van der Waals surface area contributed by atoms with E-state index in [4.69, 9.17) is 5.73 Å². The van der Waals surface area contributed by atoms with Gasteiger partial charge < -0.3 is 5.73 Å². The van der Waals surface area contributed by atoms with E-state index in [9.17, 15) is 0 Å². The van der Waals surface area contributed by atoms with Gasteiger partial charge in [0.25, 0.3) is 0 Å². The topological polar surface area (TPSA) is 26.0 Å². The molecule has 2 N–H and O–H groups in total. The van der Waals surface area contributed by atoms with Gasteiger partial charge in [-0.15, -0.1) is 6.58 Å². The first-order chi connectivity index (χ1) is 12.3. The lowest BCUT2D eigenvalue weighted by atomic mass is 9.59. The lowest BCUT2D eigenvalue weighted by Gasteiger charge is -2.46. The van der Waals surface area contributed by atoms with Crippen LogP contribution in [0.4, 0.5) is 0 Å². The molecule has 2 aliphatic carbocycles. The molecule has 0 aliphatic heterocycles. The van der Waals surface area contributed by atoms with Crippen molar-refractivity contribution in [3.63, 3.8) is 0 Å². The fourth-order valence-corrected chi connectivity index (χ4v) is 7.04. The van der Waals surface area contributed by atoms with E-state index < -0.39 is 0 Å². The highest BCUT2D eigenvalue weighted by Crippen LogP contribution is 2.53. The lowest BCUT2D eigenvalue weighted by molar-refractivity contribution is 0.0292. The third kappa shape index (κ3) is 4.94. The van der Waals surface area contributed by atoms with E-state index in [1.54, 1.807) is 0 Å². The zero-order valence-electron chi connectivity index (χ0n) is 18.6. The second kappa shape index (κ2) is 9.76. The van der Waals surface area contributed by atoms with Gasteiger partial charge in [-0.05, 0) is 97.8 Å². The van der Waals surface area contributed by atoms with Gasteiger partial charge in [0.2, 0.25) is 0 Å². The summed E-state index contributed by atoms with van der Waals surface area (Å²) in [7, 11) is 0. The van der Waals surface area contributed by atoms with Crippen LogP contribution < -0.4 is 5.73 Å². The number of hydrogen-bond donors (Lipinski definition) is 1. The van der Waals surface area contributed by atoms with E-state index in [0.717, 1.165) is 53.9 Å². The standard InChI is InChI=1S/C25H47N/c1-8-23(16(2)3)19(6)14-22-10-9-17(4)25-20(7)18(5)13-21(11-12-26)15-24(22)25/h8,16-25H,1,9-15,26H2,2-7H3. The zero-order chi connectivity index (χ0) is 19.4. The quantitative estimate of drug-likeness (QED) is 0.497. The van der Waals surface area contributed by atoms with Gasteiger partial charge in [0, 0.05) is 0 Å². The monoisotopic (exact) mass is 361 g/mol. The minimum Gasteiger partial charge on any atom is -0.330 e. The van der Waals surface area contributed by atoms with E-state index in [-0.39, 0.29) is 0 Å². The number of fused-ring (bicyclic) bond motifs is 1. The van der Waals surface area contributed by atoms with Crippen LogP contribution in [0, 0.1) is 59.2 Å². The average molecular weight is 362 g/mol. The Labute approximate surface area is 164 Å². The molecule has 152 valence electrons.